The Morgan fingerprint density at radius 2 is 2.00 bits per heavy atom. The van der Waals surface area contributed by atoms with Gasteiger partial charge < -0.3 is 14.4 Å². The van der Waals surface area contributed by atoms with Crippen LogP contribution < -0.4 is 4.74 Å². The van der Waals surface area contributed by atoms with Crippen LogP contribution in [0, 0.1) is 0 Å². The van der Waals surface area contributed by atoms with E-state index < -0.39 is 0 Å². The molecule has 1 N–H and O–H groups in total. The topological polar surface area (TPSA) is 47.3 Å². The van der Waals surface area contributed by atoms with Crippen LogP contribution in [0.3, 0.4) is 0 Å². The molecule has 0 aliphatic heterocycles. The lowest BCUT2D eigenvalue weighted by molar-refractivity contribution is 0.279. The van der Waals surface area contributed by atoms with E-state index in [1.165, 1.54) is 0 Å². The van der Waals surface area contributed by atoms with Gasteiger partial charge in [-0.3, -0.25) is 0 Å². The van der Waals surface area contributed by atoms with Gasteiger partial charge in [0.15, 0.2) is 0 Å². The maximum Gasteiger partial charge on any atom is 0.147 e. The highest BCUT2D eigenvalue weighted by atomic mass is 79.9. The van der Waals surface area contributed by atoms with Gasteiger partial charge in [-0.1, -0.05) is 0 Å². The van der Waals surface area contributed by atoms with Crippen LogP contribution in [0.4, 0.5) is 0 Å². The summed E-state index contributed by atoms with van der Waals surface area (Å²) in [6, 6.07) is 3.69. The molecule has 18 heavy (non-hydrogen) atoms. The van der Waals surface area contributed by atoms with Crippen molar-refractivity contribution in [1.29, 1.82) is 0 Å². The smallest absolute Gasteiger partial charge is 0.147 e. The Labute approximate surface area is 122 Å². The van der Waals surface area contributed by atoms with Crippen molar-refractivity contribution in [1.82, 2.24) is 9.55 Å². The molecule has 0 atom stereocenters. The lowest BCUT2D eigenvalue weighted by atomic mass is 10.2. The Kier molecular flexibility index (Phi) is 4.79. The van der Waals surface area contributed by atoms with Crippen molar-refractivity contribution in [2.24, 2.45) is 0 Å². The molecule has 0 amide bonds. The number of ether oxygens (including phenoxy) is 1. The first-order chi connectivity index (χ1) is 8.70. The number of nitrogens with zero attached hydrogens (tertiary/aromatic N) is 2. The van der Waals surface area contributed by atoms with E-state index in [0.29, 0.717) is 6.61 Å². The molecule has 2 rings (SSSR count). The lowest BCUT2D eigenvalue weighted by Gasteiger charge is -2.11. The van der Waals surface area contributed by atoms with Gasteiger partial charge in [0.25, 0.3) is 0 Å². The number of hydrogen-bond acceptors (Lipinski definition) is 3. The average molecular weight is 376 g/mol. The fraction of sp³-hybridized carbons (Fsp3) is 0.250. The highest BCUT2D eigenvalue weighted by Gasteiger charge is 2.08. The van der Waals surface area contributed by atoms with Gasteiger partial charge in [0.05, 0.1) is 28.4 Å². The summed E-state index contributed by atoms with van der Waals surface area (Å²) in [5, 5.41) is 9.09. The van der Waals surface area contributed by atoms with E-state index in [-0.39, 0.29) is 6.61 Å². The average Bonchev–Trinajstić information content (AvgIpc) is 2.85. The summed E-state index contributed by atoms with van der Waals surface area (Å²) in [6.45, 7) is 1.29. The van der Waals surface area contributed by atoms with Crippen LogP contribution in [0.5, 0.6) is 5.75 Å². The first kappa shape index (κ1) is 13.6. The van der Waals surface area contributed by atoms with Gasteiger partial charge in [0, 0.05) is 12.4 Å². The number of aliphatic hydroxyl groups is 1. The monoisotopic (exact) mass is 374 g/mol. The third-order valence-electron chi connectivity index (χ3n) is 2.40. The molecule has 0 saturated heterocycles. The fourth-order valence-electron chi connectivity index (χ4n) is 1.51. The molecule has 2 aromatic rings. The lowest BCUT2D eigenvalue weighted by Crippen LogP contribution is -2.07. The van der Waals surface area contributed by atoms with Crippen LogP contribution >= 0.6 is 31.9 Å². The summed E-state index contributed by atoms with van der Waals surface area (Å²) in [5.41, 5.74) is 0.829. The Morgan fingerprint density at radius 3 is 2.56 bits per heavy atom. The molecule has 0 radical (unpaired) electrons. The van der Waals surface area contributed by atoms with E-state index in [1.54, 1.807) is 12.5 Å². The van der Waals surface area contributed by atoms with Crippen molar-refractivity contribution in [2.45, 2.75) is 13.2 Å². The highest BCUT2D eigenvalue weighted by Crippen LogP contribution is 2.34. The summed E-state index contributed by atoms with van der Waals surface area (Å²) in [5.74, 6) is 0.743. The van der Waals surface area contributed by atoms with Gasteiger partial charge >= 0.3 is 0 Å². The van der Waals surface area contributed by atoms with E-state index in [4.69, 9.17) is 9.84 Å². The zero-order chi connectivity index (χ0) is 13.0. The number of rotatable bonds is 5. The molecular weight excluding hydrogens is 364 g/mol. The van der Waals surface area contributed by atoms with Crippen molar-refractivity contribution in [3.8, 4) is 5.75 Å². The molecule has 0 unspecified atom stereocenters. The van der Waals surface area contributed by atoms with E-state index in [0.717, 1.165) is 26.8 Å². The minimum Gasteiger partial charge on any atom is -0.489 e. The van der Waals surface area contributed by atoms with Gasteiger partial charge in [-0.2, -0.15) is 0 Å². The molecule has 0 aliphatic carbocycles. The van der Waals surface area contributed by atoms with Gasteiger partial charge in [0.2, 0.25) is 0 Å². The van der Waals surface area contributed by atoms with Crippen LogP contribution in [0.2, 0.25) is 0 Å². The molecule has 0 bridgehead atoms. The second-order valence-corrected chi connectivity index (χ2v) is 5.40. The second kappa shape index (κ2) is 6.36. The molecule has 6 heteroatoms. The number of imidazole rings is 1. The van der Waals surface area contributed by atoms with Crippen LogP contribution in [0.25, 0.3) is 0 Å². The fourth-order valence-corrected chi connectivity index (χ4v) is 3.02. The molecule has 0 spiro atoms. The normalized spacial score (nSPS) is 10.6. The Balaban J connectivity index is 2.01. The summed E-state index contributed by atoms with van der Waals surface area (Å²) in [4.78, 5) is 3.97. The minimum absolute atomic E-state index is 0.00646. The zero-order valence-electron chi connectivity index (χ0n) is 9.51. The zero-order valence-corrected chi connectivity index (χ0v) is 12.7. The first-order valence-corrected chi connectivity index (χ1v) is 6.96. The highest BCUT2D eigenvalue weighted by molar-refractivity contribution is 9.11. The number of aliphatic hydroxyl groups excluding tert-OH is 1. The summed E-state index contributed by atoms with van der Waals surface area (Å²) in [7, 11) is 0. The molecule has 1 aromatic carbocycles. The third-order valence-corrected chi connectivity index (χ3v) is 3.57. The van der Waals surface area contributed by atoms with Gasteiger partial charge in [-0.05, 0) is 49.6 Å². The molecule has 0 aliphatic rings. The predicted molar refractivity (Wildman–Crippen MR) is 75.5 cm³/mol. The van der Waals surface area contributed by atoms with Crippen molar-refractivity contribution in [3.05, 3.63) is 45.4 Å². The number of benzene rings is 1. The molecule has 1 heterocycles. The molecule has 1 aromatic heterocycles. The van der Waals surface area contributed by atoms with Crippen molar-refractivity contribution in [3.63, 3.8) is 0 Å². The Hall–Kier alpha value is -0.850. The third kappa shape index (κ3) is 3.34. The summed E-state index contributed by atoms with van der Waals surface area (Å²) >= 11 is 6.86. The molecule has 0 saturated carbocycles. The molecule has 96 valence electrons. The SMILES string of the molecule is OCc1cc(Br)c(OCCn2ccnc2)c(Br)c1. The molecule has 4 nitrogen and oxygen atoms in total. The summed E-state index contributed by atoms with van der Waals surface area (Å²) in [6.07, 6.45) is 5.38. The first-order valence-electron chi connectivity index (χ1n) is 5.38. The second-order valence-electron chi connectivity index (χ2n) is 3.70. The number of hydrogen-bond donors (Lipinski definition) is 1. The quantitative estimate of drug-likeness (QED) is 0.873. The maximum atomic E-state index is 9.09. The molecule has 0 fully saturated rings. The van der Waals surface area contributed by atoms with Crippen molar-refractivity contribution < 1.29 is 9.84 Å². The largest absolute Gasteiger partial charge is 0.489 e. The number of aromatic nitrogens is 2. The molecular formula is C12H12Br2N2O2. The summed E-state index contributed by atoms with van der Waals surface area (Å²) < 4.78 is 9.32. The van der Waals surface area contributed by atoms with Crippen LogP contribution in [0.1, 0.15) is 5.56 Å². The number of halogens is 2. The Bertz CT molecular complexity index is 492. The van der Waals surface area contributed by atoms with E-state index in [1.807, 2.05) is 22.9 Å². The predicted octanol–water partition coefficient (Wildman–Crippen LogP) is 2.98. The van der Waals surface area contributed by atoms with E-state index in [2.05, 4.69) is 36.8 Å². The van der Waals surface area contributed by atoms with Gasteiger partial charge in [0.1, 0.15) is 12.4 Å². The Morgan fingerprint density at radius 1 is 1.28 bits per heavy atom. The van der Waals surface area contributed by atoms with Crippen molar-refractivity contribution in [2.75, 3.05) is 6.61 Å². The van der Waals surface area contributed by atoms with Gasteiger partial charge in [-0.15, -0.1) is 0 Å². The maximum absolute atomic E-state index is 9.09. The minimum atomic E-state index is 0.00646. The van der Waals surface area contributed by atoms with Crippen LogP contribution in [-0.2, 0) is 13.2 Å². The standard InChI is InChI=1S/C12H12Br2N2O2/c13-10-5-9(7-17)6-11(14)12(10)18-4-3-16-2-1-15-8-16/h1-2,5-6,8,17H,3-4,7H2. The van der Waals surface area contributed by atoms with Crippen LogP contribution in [0.15, 0.2) is 39.8 Å². The van der Waals surface area contributed by atoms with E-state index >= 15 is 0 Å². The van der Waals surface area contributed by atoms with Gasteiger partial charge in [-0.25, -0.2) is 4.98 Å². The van der Waals surface area contributed by atoms with Crippen molar-refractivity contribution >= 4 is 31.9 Å². The van der Waals surface area contributed by atoms with Crippen LogP contribution in [-0.4, -0.2) is 21.3 Å². The van der Waals surface area contributed by atoms with E-state index in [9.17, 15) is 0 Å².